The van der Waals surface area contributed by atoms with Crippen LogP contribution in [0.1, 0.15) is 33.6 Å². The van der Waals surface area contributed by atoms with E-state index in [1.54, 1.807) is 36.5 Å². The molecule has 1 aliphatic carbocycles. The first kappa shape index (κ1) is 23.1. The maximum atomic E-state index is 12.7. The van der Waals surface area contributed by atoms with Crippen molar-refractivity contribution in [1.82, 2.24) is 14.8 Å². The van der Waals surface area contributed by atoms with Gasteiger partial charge in [-0.25, -0.2) is 9.59 Å². The van der Waals surface area contributed by atoms with Crippen molar-refractivity contribution in [3.8, 4) is 28.6 Å². The molecule has 8 nitrogen and oxygen atoms in total. The molecule has 1 aliphatic rings. The minimum absolute atomic E-state index is 0.158. The zero-order valence-electron chi connectivity index (χ0n) is 17.7. The molecule has 3 aromatic rings. The lowest BCUT2D eigenvalue weighted by atomic mass is 9.89. The highest BCUT2D eigenvalue weighted by atomic mass is 19.4. The number of hydrogen-bond acceptors (Lipinski definition) is 7. The molecule has 0 spiro atoms. The lowest BCUT2D eigenvalue weighted by molar-refractivity contribution is -0.193. The molecule has 0 aliphatic heterocycles. The number of nitriles is 1. The van der Waals surface area contributed by atoms with Crippen molar-refractivity contribution >= 4 is 11.9 Å². The summed E-state index contributed by atoms with van der Waals surface area (Å²) in [5.74, 6) is -3.99. The van der Waals surface area contributed by atoms with Crippen molar-refractivity contribution in [2.24, 2.45) is 5.73 Å². The zero-order valence-corrected chi connectivity index (χ0v) is 17.7. The number of aryl methyl sites for hydroxylation is 2. The molecular formula is C23H18F3N5O3. The van der Waals surface area contributed by atoms with Crippen molar-refractivity contribution in [3.05, 3.63) is 58.9 Å². The van der Waals surface area contributed by atoms with E-state index in [9.17, 15) is 22.8 Å². The third kappa shape index (κ3) is 4.40. The summed E-state index contributed by atoms with van der Waals surface area (Å²) in [6, 6.07) is 10.7. The average molecular weight is 469 g/mol. The molecule has 0 bridgehead atoms. The van der Waals surface area contributed by atoms with Gasteiger partial charge in [0.2, 0.25) is 0 Å². The van der Waals surface area contributed by atoms with Gasteiger partial charge in [0, 0.05) is 29.4 Å². The Labute approximate surface area is 191 Å². The Morgan fingerprint density at radius 1 is 1.24 bits per heavy atom. The Kier molecular flexibility index (Phi) is 6.17. The molecule has 0 atom stereocenters. The fourth-order valence-electron chi connectivity index (χ4n) is 3.84. The molecule has 4 rings (SSSR count). The molecule has 2 heterocycles. The third-order valence-corrected chi connectivity index (χ3v) is 5.41. The predicted molar refractivity (Wildman–Crippen MR) is 113 cm³/mol. The molecule has 174 valence electrons. The summed E-state index contributed by atoms with van der Waals surface area (Å²) in [7, 11) is 0. The van der Waals surface area contributed by atoms with E-state index >= 15 is 0 Å². The van der Waals surface area contributed by atoms with Crippen LogP contribution < -0.4 is 5.73 Å². The molecule has 2 aromatic heterocycles. The molecule has 0 radical (unpaired) electrons. The first-order chi connectivity index (χ1) is 16.2. The number of ether oxygens (including phenoxy) is 1. The number of aromatic nitrogens is 3. The number of esters is 2. The van der Waals surface area contributed by atoms with E-state index in [0.717, 1.165) is 5.56 Å². The Morgan fingerprint density at radius 3 is 2.74 bits per heavy atom. The van der Waals surface area contributed by atoms with Crippen molar-refractivity contribution in [2.75, 3.05) is 6.54 Å². The number of rotatable bonds is 5. The summed E-state index contributed by atoms with van der Waals surface area (Å²) >= 11 is 0. The quantitative estimate of drug-likeness (QED) is 0.450. The summed E-state index contributed by atoms with van der Waals surface area (Å²) < 4.78 is 43.3. The molecule has 1 aromatic carbocycles. The lowest BCUT2D eigenvalue weighted by Crippen LogP contribution is -2.29. The summed E-state index contributed by atoms with van der Waals surface area (Å²) in [5, 5.41) is 13.6. The van der Waals surface area contributed by atoms with Crippen molar-refractivity contribution in [3.63, 3.8) is 0 Å². The van der Waals surface area contributed by atoms with Gasteiger partial charge >= 0.3 is 18.1 Å². The van der Waals surface area contributed by atoms with Crippen LogP contribution in [0.2, 0.25) is 0 Å². The predicted octanol–water partition coefficient (Wildman–Crippen LogP) is 3.18. The maximum absolute atomic E-state index is 12.7. The average Bonchev–Trinajstić information content (AvgIpc) is 3.20. The SMILES string of the molecule is N#Cc1cccc(-c2cc3c(cn2)CCc2c-3nn(CCCN)c2C(=O)OC(=O)C(F)(F)F)c1. The van der Waals surface area contributed by atoms with Gasteiger partial charge in [0.05, 0.1) is 23.0 Å². The minimum atomic E-state index is -5.30. The number of nitrogens with zero attached hydrogens (tertiary/aromatic N) is 4. The number of hydrogen-bond donors (Lipinski definition) is 1. The van der Waals surface area contributed by atoms with E-state index in [2.05, 4.69) is 20.9 Å². The first-order valence-corrected chi connectivity index (χ1v) is 10.4. The number of halogens is 3. The number of carbonyl (C=O) groups excluding carboxylic acids is 2. The van der Waals surface area contributed by atoms with Crippen LogP contribution in [0.3, 0.4) is 0 Å². The molecule has 0 unspecified atom stereocenters. The smallest absolute Gasteiger partial charge is 0.381 e. The lowest BCUT2D eigenvalue weighted by Gasteiger charge is -2.16. The van der Waals surface area contributed by atoms with Crippen LogP contribution in [0, 0.1) is 11.3 Å². The van der Waals surface area contributed by atoms with E-state index in [1.807, 2.05) is 0 Å². The second-order valence-corrected chi connectivity index (χ2v) is 7.64. The second kappa shape index (κ2) is 9.07. The van der Waals surface area contributed by atoms with Crippen LogP contribution >= 0.6 is 0 Å². The summed E-state index contributed by atoms with van der Waals surface area (Å²) in [6.07, 6.45) is -2.45. The van der Waals surface area contributed by atoms with Crippen LogP contribution in [0.4, 0.5) is 13.2 Å². The van der Waals surface area contributed by atoms with Crippen LogP contribution in [0.5, 0.6) is 0 Å². The number of alkyl halides is 3. The van der Waals surface area contributed by atoms with Crippen molar-refractivity contribution < 1.29 is 27.5 Å². The van der Waals surface area contributed by atoms with E-state index in [-0.39, 0.29) is 18.8 Å². The molecule has 34 heavy (non-hydrogen) atoms. The highest BCUT2D eigenvalue weighted by Crippen LogP contribution is 2.37. The molecule has 0 saturated carbocycles. The fraction of sp³-hybridized carbons (Fsp3) is 0.261. The number of carbonyl (C=O) groups is 2. The van der Waals surface area contributed by atoms with Gasteiger partial charge in [-0.2, -0.15) is 23.5 Å². The topological polar surface area (TPSA) is 124 Å². The van der Waals surface area contributed by atoms with Gasteiger partial charge in [0.15, 0.2) is 5.69 Å². The molecular weight excluding hydrogens is 451 g/mol. The number of benzene rings is 1. The molecule has 2 N–H and O–H groups in total. The second-order valence-electron chi connectivity index (χ2n) is 7.64. The summed E-state index contributed by atoms with van der Waals surface area (Å²) in [6.45, 7) is 0.423. The van der Waals surface area contributed by atoms with Crippen LogP contribution in [0.25, 0.3) is 22.5 Å². The largest absolute Gasteiger partial charge is 0.491 e. The van der Waals surface area contributed by atoms with Crippen molar-refractivity contribution in [2.45, 2.75) is 32.0 Å². The van der Waals surface area contributed by atoms with Crippen LogP contribution in [-0.2, 0) is 28.9 Å². The van der Waals surface area contributed by atoms with E-state index in [4.69, 9.17) is 11.0 Å². The van der Waals surface area contributed by atoms with E-state index < -0.39 is 18.1 Å². The van der Waals surface area contributed by atoms with Gasteiger partial charge in [-0.05, 0) is 49.6 Å². The van der Waals surface area contributed by atoms with Crippen LogP contribution in [0.15, 0.2) is 36.5 Å². The Balaban J connectivity index is 1.79. The van der Waals surface area contributed by atoms with Gasteiger partial charge in [-0.15, -0.1) is 0 Å². The number of fused-ring (bicyclic) bond motifs is 3. The minimum Gasteiger partial charge on any atom is -0.381 e. The van der Waals surface area contributed by atoms with Gasteiger partial charge < -0.3 is 10.5 Å². The first-order valence-electron chi connectivity index (χ1n) is 10.4. The highest BCUT2D eigenvalue weighted by Gasteiger charge is 2.43. The normalized spacial score (nSPS) is 12.4. The third-order valence-electron chi connectivity index (χ3n) is 5.41. The van der Waals surface area contributed by atoms with E-state index in [1.165, 1.54) is 4.68 Å². The van der Waals surface area contributed by atoms with Gasteiger partial charge in [-0.1, -0.05) is 12.1 Å². The number of nitrogens with two attached hydrogens (primary N) is 1. The fourth-order valence-corrected chi connectivity index (χ4v) is 3.84. The zero-order chi connectivity index (χ0) is 24.5. The van der Waals surface area contributed by atoms with E-state index in [0.29, 0.717) is 52.9 Å². The van der Waals surface area contributed by atoms with Crippen molar-refractivity contribution in [1.29, 1.82) is 5.26 Å². The highest BCUT2D eigenvalue weighted by molar-refractivity contribution is 5.99. The standard InChI is InChI=1S/C23H18F3N5O3/c24-23(25,26)22(33)34-21(32)20-16-6-5-15-12-29-18(14-4-1-3-13(9-14)11-28)10-17(15)19(16)30-31(20)8-2-7-27/h1,3-4,9-10,12H,2,5-8,27H2. The summed E-state index contributed by atoms with van der Waals surface area (Å²) in [5.41, 5.74) is 9.40. The Hall–Kier alpha value is -4.04. The number of pyridine rings is 1. The molecule has 0 amide bonds. The molecule has 11 heteroatoms. The van der Waals surface area contributed by atoms with Crippen LogP contribution in [-0.4, -0.2) is 39.4 Å². The van der Waals surface area contributed by atoms with Gasteiger partial charge in [0.25, 0.3) is 0 Å². The van der Waals surface area contributed by atoms with Gasteiger partial charge in [0.1, 0.15) is 0 Å². The molecule has 0 saturated heterocycles. The Bertz CT molecular complexity index is 1320. The Morgan fingerprint density at radius 2 is 2.03 bits per heavy atom. The monoisotopic (exact) mass is 469 g/mol. The maximum Gasteiger partial charge on any atom is 0.491 e. The summed E-state index contributed by atoms with van der Waals surface area (Å²) in [4.78, 5) is 28.3. The molecule has 0 fully saturated rings. The van der Waals surface area contributed by atoms with Gasteiger partial charge in [-0.3, -0.25) is 9.67 Å².